The molecule has 9 atom stereocenters. The molecule has 17 nitrogen and oxygen atoms in total. The van der Waals surface area contributed by atoms with Crippen molar-refractivity contribution < 1.29 is 67.7 Å². The van der Waals surface area contributed by atoms with E-state index in [2.05, 4.69) is 22.8 Å². The summed E-state index contributed by atoms with van der Waals surface area (Å²) in [5.41, 5.74) is -3.69. The number of aromatic hydroxyl groups is 2. The Balaban J connectivity index is 0.00000480. The van der Waals surface area contributed by atoms with Crippen LogP contribution >= 0.6 is 12.6 Å². The zero-order chi connectivity index (χ0) is 39.1. The maximum absolute atomic E-state index is 14.1. The Hall–Kier alpha value is -4.14. The maximum Gasteiger partial charge on any atom is 0.252 e. The van der Waals surface area contributed by atoms with Gasteiger partial charge >= 0.3 is 0 Å². The molecule has 0 spiro atoms. The van der Waals surface area contributed by atoms with Gasteiger partial charge in [-0.15, -0.1) is 0 Å². The third kappa shape index (κ3) is 6.26. The van der Waals surface area contributed by atoms with Crippen LogP contribution in [-0.2, 0) is 44.5 Å². The Morgan fingerprint density at radius 2 is 1.82 bits per heavy atom. The highest BCUT2D eigenvalue weighted by Crippen LogP contribution is 2.53. The van der Waals surface area contributed by atoms with Crippen molar-refractivity contribution in [2.24, 2.45) is 0 Å². The third-order valence-corrected chi connectivity index (χ3v) is 11.8. The highest BCUT2D eigenvalue weighted by atomic mass is 32.1. The van der Waals surface area contributed by atoms with Crippen molar-refractivity contribution in [1.29, 1.82) is 0 Å². The number of rotatable bonds is 8. The summed E-state index contributed by atoms with van der Waals surface area (Å²) in [5.74, 6) is -4.68. The van der Waals surface area contributed by atoms with E-state index in [4.69, 9.17) is 28.4 Å². The van der Waals surface area contributed by atoms with E-state index in [1.807, 2.05) is 6.92 Å². The van der Waals surface area contributed by atoms with Crippen LogP contribution in [-0.4, -0.2) is 143 Å². The number of aliphatic hydroxyl groups is 1. The summed E-state index contributed by atoms with van der Waals surface area (Å²) >= 11 is 4.12. The van der Waals surface area contributed by atoms with Crippen LogP contribution in [0.3, 0.4) is 0 Å². The monoisotopic (exact) mass is 799 g/mol. The molecule has 8 rings (SSSR count). The summed E-state index contributed by atoms with van der Waals surface area (Å²) in [5, 5.41) is 37.7. The Morgan fingerprint density at radius 1 is 1.07 bits per heavy atom. The Bertz CT molecular complexity index is 1990. The van der Waals surface area contributed by atoms with Crippen LogP contribution in [0.1, 0.15) is 82.7 Å². The zero-order valence-corrected chi connectivity index (χ0v) is 31.1. The second kappa shape index (κ2) is 15.0. The van der Waals surface area contributed by atoms with Crippen molar-refractivity contribution in [1.82, 2.24) is 15.1 Å². The van der Waals surface area contributed by atoms with Crippen LogP contribution in [0.15, 0.2) is 18.2 Å². The first-order valence-electron chi connectivity index (χ1n) is 18.0. The number of ketones is 2. The molecule has 0 radical (unpaired) electrons. The van der Waals surface area contributed by atoms with Gasteiger partial charge in [0.15, 0.2) is 24.6 Å². The average molecular weight is 800 g/mol. The molecule has 4 aliphatic heterocycles. The second-order valence-corrected chi connectivity index (χ2v) is 15.2. The van der Waals surface area contributed by atoms with Crippen LogP contribution in [0.4, 0.5) is 0 Å². The van der Waals surface area contributed by atoms with Crippen molar-refractivity contribution in [3.05, 3.63) is 51.6 Å². The van der Waals surface area contributed by atoms with Gasteiger partial charge in [0.05, 0.1) is 47.9 Å². The van der Waals surface area contributed by atoms with Crippen LogP contribution in [0, 0.1) is 0 Å². The van der Waals surface area contributed by atoms with Crippen molar-refractivity contribution >= 4 is 41.9 Å². The Kier molecular flexibility index (Phi) is 10.7. The van der Waals surface area contributed by atoms with Crippen molar-refractivity contribution in [2.45, 2.75) is 94.0 Å². The van der Waals surface area contributed by atoms with Gasteiger partial charge in [0.2, 0.25) is 17.6 Å². The van der Waals surface area contributed by atoms with Gasteiger partial charge in [0.1, 0.15) is 29.0 Å². The topological polar surface area (TPSA) is 220 Å². The van der Waals surface area contributed by atoms with E-state index >= 15 is 0 Å². The number of methoxy groups -OCH3 is 2. The lowest BCUT2D eigenvalue weighted by Gasteiger charge is -2.43. The predicted octanol–water partition coefficient (Wildman–Crippen LogP) is 0.960. The first-order valence-corrected chi connectivity index (χ1v) is 18.6. The van der Waals surface area contributed by atoms with Gasteiger partial charge < -0.3 is 49.1 Å². The fraction of sp³-hybridized carbons (Fsp3) is 0.553. The van der Waals surface area contributed by atoms with Gasteiger partial charge in [0.25, 0.3) is 5.91 Å². The quantitative estimate of drug-likeness (QED) is 0.122. The third-order valence-electron chi connectivity index (χ3n) is 11.4. The summed E-state index contributed by atoms with van der Waals surface area (Å²) in [6.07, 6.45) is -5.27. The van der Waals surface area contributed by atoms with Crippen LogP contribution in [0.5, 0.6) is 17.2 Å². The number of hydrogen-bond donors (Lipinski definition) is 5. The minimum Gasteiger partial charge on any atom is -0.507 e. The number of phenols is 2. The summed E-state index contributed by atoms with van der Waals surface area (Å²) in [7, 11) is 2.86. The molecule has 4 fully saturated rings. The Labute approximate surface area is 327 Å². The molecule has 2 aromatic rings. The van der Waals surface area contributed by atoms with Crippen LogP contribution in [0.2, 0.25) is 0 Å². The van der Waals surface area contributed by atoms with Gasteiger partial charge in [-0.05, 0) is 13.0 Å². The minimum atomic E-state index is -2.32. The van der Waals surface area contributed by atoms with Crippen LogP contribution in [0.25, 0.3) is 0 Å². The smallest absolute Gasteiger partial charge is 0.252 e. The number of morpholine rings is 1. The molecular weight excluding hydrogens is 754 g/mol. The summed E-state index contributed by atoms with van der Waals surface area (Å²) < 4.78 is 35.7. The molecule has 4 N–H and O–H groups in total. The second-order valence-electron chi connectivity index (χ2n) is 14.6. The summed E-state index contributed by atoms with van der Waals surface area (Å²) in [6.45, 7) is 2.38. The van der Waals surface area contributed by atoms with E-state index in [0.29, 0.717) is 13.2 Å². The largest absolute Gasteiger partial charge is 0.507 e. The number of imide groups is 1. The minimum absolute atomic E-state index is 0. The molecule has 6 aliphatic rings. The molecule has 2 aliphatic carbocycles. The molecule has 302 valence electrons. The number of thiol groups is 1. The first-order chi connectivity index (χ1) is 26.3. The van der Waals surface area contributed by atoms with Gasteiger partial charge in [0, 0.05) is 75.2 Å². The number of carbonyl (C=O) groups is 5. The normalized spacial score (nSPS) is 32.2. The molecule has 56 heavy (non-hydrogen) atoms. The van der Waals surface area contributed by atoms with Crippen molar-refractivity contribution in [2.75, 3.05) is 40.5 Å². The fourth-order valence-electron chi connectivity index (χ4n) is 8.85. The van der Waals surface area contributed by atoms with Gasteiger partial charge in [-0.3, -0.25) is 33.8 Å². The molecule has 4 heterocycles. The number of amides is 3. The van der Waals surface area contributed by atoms with E-state index < -0.39 is 107 Å². The predicted molar refractivity (Wildman–Crippen MR) is 195 cm³/mol. The molecular formula is C38H45N3O14S. The number of nitrogens with zero attached hydrogens (tertiary/aromatic N) is 2. The molecule has 0 bridgehead atoms. The fourth-order valence-corrected chi connectivity index (χ4v) is 9.14. The van der Waals surface area contributed by atoms with Gasteiger partial charge in [-0.25, -0.2) is 0 Å². The standard InChI is InChI=1S/C37H41N3O14S.CH4/c1-15-32-18(39-9-10-51-35(50-3)34(39)54-32)11-23(52-15)53-20-14-37(48,36(47)38-7-8-40-22(41)12-21(55)33(40)46)13-17-25(20)31(45)27-26(29(17)43)28(42)16-5-4-6-19(49-2)24(16)30(27)44;/h4-6,15,18,20-21,23,32,34-35,43,45,48,55H,7-14H2,1-3H3,(H,38,47);1H4/t15-,18-,20-,21?,23-,32+,34+,35-,37-;/m0./s1. The van der Waals surface area contributed by atoms with Crippen molar-refractivity contribution in [3.63, 3.8) is 0 Å². The van der Waals surface area contributed by atoms with Crippen LogP contribution < -0.4 is 10.1 Å². The lowest BCUT2D eigenvalue weighted by atomic mass is 9.72. The molecule has 0 saturated carbocycles. The molecule has 4 saturated heterocycles. The van der Waals surface area contributed by atoms with E-state index in [1.54, 1.807) is 0 Å². The molecule has 18 heteroatoms. The van der Waals surface area contributed by atoms with E-state index in [-0.39, 0.29) is 73.5 Å². The van der Waals surface area contributed by atoms with E-state index in [9.17, 15) is 39.3 Å². The highest BCUT2D eigenvalue weighted by molar-refractivity contribution is 7.81. The maximum atomic E-state index is 14.1. The number of nitrogens with one attached hydrogen (secondary N) is 1. The molecule has 0 aromatic heterocycles. The summed E-state index contributed by atoms with van der Waals surface area (Å²) in [4.78, 5) is 69.6. The SMILES string of the molecule is C.COc1cccc2c1C(=O)c1c(O)c3c(c(O)c1C2=O)C[C@@](O)(C(=O)NCCN1C(=O)CC(S)C1=O)C[C@@H]3O[C@H]1C[C@H]2[C@H](O[C@@H]3[C@@H](OC)OCCN32)[C@H](C)O1. The molecule has 1 unspecified atom stereocenters. The zero-order valence-electron chi connectivity index (χ0n) is 30.2. The number of ether oxygens (including phenoxy) is 6. The van der Waals surface area contributed by atoms with E-state index in [1.165, 1.54) is 32.4 Å². The molecule has 2 aromatic carbocycles. The molecule has 3 amide bonds. The number of fused-ring (bicyclic) bond motifs is 6. The lowest BCUT2D eigenvalue weighted by molar-refractivity contribution is -0.256. The van der Waals surface area contributed by atoms with Crippen molar-refractivity contribution in [3.8, 4) is 17.2 Å². The lowest BCUT2D eigenvalue weighted by Crippen LogP contribution is -2.55. The summed E-state index contributed by atoms with van der Waals surface area (Å²) in [6, 6.07) is 4.19. The number of carbonyl (C=O) groups excluding carboxylic acids is 5. The van der Waals surface area contributed by atoms with Gasteiger partial charge in [-0.1, -0.05) is 19.6 Å². The number of likely N-dealkylation sites (tertiary alicyclic amines) is 1. The Morgan fingerprint density at radius 3 is 2.52 bits per heavy atom. The average Bonchev–Trinajstić information content (AvgIpc) is 3.66. The number of phenolic OH excluding ortho intramolecular Hbond substituents is 2. The number of benzene rings is 2. The first kappa shape index (κ1) is 40.1. The van der Waals surface area contributed by atoms with Gasteiger partial charge in [-0.2, -0.15) is 12.6 Å². The van der Waals surface area contributed by atoms with E-state index in [0.717, 1.165) is 4.90 Å². The number of hydrogen-bond acceptors (Lipinski definition) is 16. The highest BCUT2D eigenvalue weighted by Gasteiger charge is 2.55.